The predicted molar refractivity (Wildman–Crippen MR) is 151 cm³/mol. The molecule has 0 aliphatic heterocycles. The standard InChI is InChI=1S/C27H25BrCl2N2O5S/c1-2-37-26(34)27(13-14-27)19-4-8-21(9-5-19)31-25(33)17-32(16-18-3-12-23(29)24(30)15-18)38(35,36)22-10-6-20(28)7-11-22/h3-12,15H,2,13-14,16-17H2,1H3,(H,31,33). The fraction of sp³-hybridized carbons (Fsp3) is 0.259. The second-order valence-electron chi connectivity index (χ2n) is 8.90. The van der Waals surface area contributed by atoms with Gasteiger partial charge in [-0.25, -0.2) is 8.42 Å². The molecule has 1 N–H and O–H groups in total. The number of carbonyl (C=O) groups is 2. The molecule has 1 aliphatic rings. The molecule has 0 heterocycles. The molecular formula is C27H25BrCl2N2O5S. The van der Waals surface area contributed by atoms with E-state index in [0.29, 0.717) is 22.9 Å². The molecule has 11 heteroatoms. The van der Waals surface area contributed by atoms with Crippen LogP contribution in [0.4, 0.5) is 5.69 Å². The smallest absolute Gasteiger partial charge is 0.316 e. The van der Waals surface area contributed by atoms with Crippen molar-refractivity contribution in [2.75, 3.05) is 18.5 Å². The highest BCUT2D eigenvalue weighted by atomic mass is 79.9. The zero-order valence-electron chi connectivity index (χ0n) is 20.4. The fourth-order valence-electron chi connectivity index (χ4n) is 4.06. The summed E-state index contributed by atoms with van der Waals surface area (Å²) in [7, 11) is -4.03. The van der Waals surface area contributed by atoms with Gasteiger partial charge in [0.25, 0.3) is 0 Å². The number of halogens is 3. The molecule has 0 bridgehead atoms. The van der Waals surface area contributed by atoms with Gasteiger partial charge in [0.2, 0.25) is 15.9 Å². The molecule has 0 atom stereocenters. The Morgan fingerprint density at radius 2 is 1.66 bits per heavy atom. The molecule has 0 spiro atoms. The third-order valence-electron chi connectivity index (χ3n) is 6.25. The summed E-state index contributed by atoms with van der Waals surface area (Å²) in [5.74, 6) is -0.766. The van der Waals surface area contributed by atoms with Crippen LogP contribution in [-0.2, 0) is 36.3 Å². The topological polar surface area (TPSA) is 92.8 Å². The van der Waals surface area contributed by atoms with Gasteiger partial charge in [0, 0.05) is 16.7 Å². The number of nitrogens with zero attached hydrogens (tertiary/aromatic N) is 1. The van der Waals surface area contributed by atoms with E-state index in [9.17, 15) is 18.0 Å². The van der Waals surface area contributed by atoms with Gasteiger partial charge in [-0.15, -0.1) is 0 Å². The monoisotopic (exact) mass is 638 g/mol. The minimum atomic E-state index is -4.03. The Morgan fingerprint density at radius 3 is 2.24 bits per heavy atom. The molecule has 1 fully saturated rings. The van der Waals surface area contributed by atoms with Crippen LogP contribution in [-0.4, -0.2) is 37.8 Å². The van der Waals surface area contributed by atoms with Gasteiger partial charge < -0.3 is 10.1 Å². The minimum absolute atomic E-state index is 0.0478. The Hall–Kier alpha value is -2.43. The molecule has 0 aromatic heterocycles. The van der Waals surface area contributed by atoms with E-state index >= 15 is 0 Å². The zero-order valence-corrected chi connectivity index (χ0v) is 24.3. The van der Waals surface area contributed by atoms with E-state index in [-0.39, 0.29) is 22.4 Å². The first kappa shape index (κ1) is 28.6. The highest BCUT2D eigenvalue weighted by Gasteiger charge is 2.52. The van der Waals surface area contributed by atoms with Crippen molar-refractivity contribution in [1.29, 1.82) is 0 Å². The van der Waals surface area contributed by atoms with Crippen molar-refractivity contribution >= 4 is 66.7 Å². The van der Waals surface area contributed by atoms with Gasteiger partial charge in [-0.05, 0) is 79.4 Å². The normalized spacial score (nSPS) is 14.2. The summed E-state index contributed by atoms with van der Waals surface area (Å²) in [5.41, 5.74) is 1.27. The van der Waals surface area contributed by atoms with E-state index < -0.39 is 27.9 Å². The molecule has 3 aromatic carbocycles. The fourth-order valence-corrected chi connectivity index (χ4v) is 6.03. The molecule has 0 radical (unpaired) electrons. The first-order valence-electron chi connectivity index (χ1n) is 11.8. The largest absolute Gasteiger partial charge is 0.465 e. The SMILES string of the molecule is CCOC(=O)C1(c2ccc(NC(=O)CN(Cc3ccc(Cl)c(Cl)c3)S(=O)(=O)c3ccc(Br)cc3)cc2)CC1. The third-order valence-corrected chi connectivity index (χ3v) is 9.33. The van der Waals surface area contributed by atoms with Gasteiger partial charge in [-0.2, -0.15) is 4.31 Å². The average Bonchev–Trinajstić information content (AvgIpc) is 3.69. The van der Waals surface area contributed by atoms with Crippen molar-refractivity contribution in [2.45, 2.75) is 36.6 Å². The molecule has 1 aliphatic carbocycles. The molecular weight excluding hydrogens is 615 g/mol. The molecule has 38 heavy (non-hydrogen) atoms. The number of benzene rings is 3. The lowest BCUT2D eigenvalue weighted by Gasteiger charge is -2.22. The maximum Gasteiger partial charge on any atom is 0.316 e. The third kappa shape index (κ3) is 6.40. The van der Waals surface area contributed by atoms with Crippen LogP contribution in [0.3, 0.4) is 0 Å². The molecule has 200 valence electrons. The van der Waals surface area contributed by atoms with E-state index in [4.69, 9.17) is 27.9 Å². The van der Waals surface area contributed by atoms with Crippen molar-refractivity contribution in [3.05, 3.63) is 92.4 Å². The maximum atomic E-state index is 13.5. The number of nitrogens with one attached hydrogen (secondary N) is 1. The summed E-state index contributed by atoms with van der Waals surface area (Å²) in [6.07, 6.45) is 1.43. The van der Waals surface area contributed by atoms with Crippen LogP contribution in [0.1, 0.15) is 30.9 Å². The molecule has 7 nitrogen and oxygen atoms in total. The molecule has 4 rings (SSSR count). The van der Waals surface area contributed by atoms with Crippen LogP contribution in [0.25, 0.3) is 0 Å². The number of hydrogen-bond acceptors (Lipinski definition) is 5. The lowest BCUT2D eigenvalue weighted by molar-refractivity contribution is -0.146. The van der Waals surface area contributed by atoms with Crippen LogP contribution < -0.4 is 5.32 Å². The van der Waals surface area contributed by atoms with E-state index in [0.717, 1.165) is 27.2 Å². The first-order chi connectivity index (χ1) is 18.0. The van der Waals surface area contributed by atoms with Gasteiger partial charge >= 0.3 is 5.97 Å². The van der Waals surface area contributed by atoms with E-state index in [2.05, 4.69) is 21.2 Å². The summed E-state index contributed by atoms with van der Waals surface area (Å²) < 4.78 is 34.0. The van der Waals surface area contributed by atoms with Crippen molar-refractivity contribution in [1.82, 2.24) is 4.31 Å². The average molecular weight is 640 g/mol. The number of esters is 1. The summed E-state index contributed by atoms with van der Waals surface area (Å²) in [6.45, 7) is 1.56. The highest BCUT2D eigenvalue weighted by molar-refractivity contribution is 9.10. The minimum Gasteiger partial charge on any atom is -0.465 e. The van der Waals surface area contributed by atoms with Gasteiger partial charge in [0.1, 0.15) is 0 Å². The van der Waals surface area contributed by atoms with Gasteiger partial charge in [-0.3, -0.25) is 9.59 Å². The van der Waals surface area contributed by atoms with Crippen molar-refractivity contribution in [2.24, 2.45) is 0 Å². The maximum absolute atomic E-state index is 13.5. The Balaban J connectivity index is 1.53. The Morgan fingerprint density at radius 1 is 1.00 bits per heavy atom. The Kier molecular flexibility index (Phi) is 8.84. The molecule has 1 saturated carbocycles. The summed E-state index contributed by atoms with van der Waals surface area (Å²) in [6, 6.07) is 17.9. The van der Waals surface area contributed by atoms with E-state index in [1.54, 1.807) is 61.5 Å². The molecule has 0 saturated heterocycles. The first-order valence-corrected chi connectivity index (χ1v) is 14.8. The number of rotatable bonds is 10. The van der Waals surface area contributed by atoms with Crippen molar-refractivity contribution in [3.63, 3.8) is 0 Å². The van der Waals surface area contributed by atoms with Gasteiger partial charge in [0.05, 0.1) is 33.5 Å². The number of ether oxygens (including phenoxy) is 1. The Labute approximate surface area is 240 Å². The van der Waals surface area contributed by atoms with Gasteiger partial charge in [-0.1, -0.05) is 57.3 Å². The predicted octanol–water partition coefficient (Wildman–Crippen LogP) is 6.18. The number of carbonyl (C=O) groups excluding carboxylic acids is 2. The highest BCUT2D eigenvalue weighted by Crippen LogP contribution is 2.49. The number of hydrogen-bond donors (Lipinski definition) is 1. The summed E-state index contributed by atoms with van der Waals surface area (Å²) in [4.78, 5) is 25.4. The van der Waals surface area contributed by atoms with Crippen LogP contribution >= 0.6 is 39.1 Å². The molecule has 0 unspecified atom stereocenters. The zero-order chi connectivity index (χ0) is 27.5. The van der Waals surface area contributed by atoms with E-state index in [1.807, 2.05) is 0 Å². The van der Waals surface area contributed by atoms with Crippen LogP contribution in [0.15, 0.2) is 76.1 Å². The molecule has 1 amide bonds. The number of sulfonamides is 1. The number of amides is 1. The second kappa shape index (κ2) is 11.8. The van der Waals surface area contributed by atoms with Crippen molar-refractivity contribution in [3.8, 4) is 0 Å². The van der Waals surface area contributed by atoms with Crippen LogP contribution in [0.2, 0.25) is 10.0 Å². The van der Waals surface area contributed by atoms with Crippen LogP contribution in [0, 0.1) is 0 Å². The quantitative estimate of drug-likeness (QED) is 0.268. The van der Waals surface area contributed by atoms with Crippen molar-refractivity contribution < 1.29 is 22.7 Å². The Bertz CT molecular complexity index is 1440. The summed E-state index contributed by atoms with van der Waals surface area (Å²) in [5, 5.41) is 3.37. The van der Waals surface area contributed by atoms with Gasteiger partial charge in [0.15, 0.2) is 0 Å². The number of anilines is 1. The van der Waals surface area contributed by atoms with Crippen LogP contribution in [0.5, 0.6) is 0 Å². The van der Waals surface area contributed by atoms with E-state index in [1.165, 1.54) is 12.1 Å². The lowest BCUT2D eigenvalue weighted by Crippen LogP contribution is -2.37. The second-order valence-corrected chi connectivity index (χ2v) is 12.6. The molecule has 3 aromatic rings. The summed E-state index contributed by atoms with van der Waals surface area (Å²) >= 11 is 15.4. The lowest BCUT2D eigenvalue weighted by atomic mass is 9.96.